The van der Waals surface area contributed by atoms with Crippen LogP contribution in [0.25, 0.3) is 0 Å². The molecule has 0 radical (unpaired) electrons. The minimum Gasteiger partial charge on any atom is -0.534 e. The van der Waals surface area contributed by atoms with Gasteiger partial charge in [0.25, 0.3) is 0 Å². The Kier molecular flexibility index (Phi) is 6.04. The number of nitrogens with two attached hydrogens (primary N) is 1. The Morgan fingerprint density at radius 3 is 2.60 bits per heavy atom. The van der Waals surface area contributed by atoms with Crippen molar-refractivity contribution >= 4 is 19.0 Å². The Balaban J connectivity index is 1.38. The standard InChI is InChI=1S/C21H30BN3O5/c23-10-11-24-15-6-4-14(5-7-15)21(8-9-21)20(28)25-17-12-13-2-1-3-16(19(26)27)18(13)30-22(17)29/h1-3,14-15,17,24,29H,4-12,23H2,(H,25,28)(H,26,27). The first-order chi connectivity index (χ1) is 14.4. The summed E-state index contributed by atoms with van der Waals surface area (Å²) in [5, 5.41) is 26.2. The lowest BCUT2D eigenvalue weighted by Crippen LogP contribution is -2.55. The van der Waals surface area contributed by atoms with Crippen LogP contribution in [0.1, 0.15) is 54.4 Å². The van der Waals surface area contributed by atoms with Gasteiger partial charge in [0.1, 0.15) is 5.75 Å². The molecule has 3 aliphatic rings. The molecule has 0 aromatic heterocycles. The van der Waals surface area contributed by atoms with E-state index in [-0.39, 0.29) is 22.6 Å². The summed E-state index contributed by atoms with van der Waals surface area (Å²) < 4.78 is 5.51. The van der Waals surface area contributed by atoms with Crippen LogP contribution in [0.4, 0.5) is 0 Å². The third kappa shape index (κ3) is 4.06. The normalized spacial score (nSPS) is 27.0. The monoisotopic (exact) mass is 415 g/mol. The van der Waals surface area contributed by atoms with E-state index in [9.17, 15) is 19.7 Å². The van der Waals surface area contributed by atoms with Crippen LogP contribution in [0, 0.1) is 11.3 Å². The van der Waals surface area contributed by atoms with Crippen LogP contribution in [0.3, 0.4) is 0 Å². The van der Waals surface area contributed by atoms with Crippen LogP contribution >= 0.6 is 0 Å². The molecular formula is C21H30BN3O5. The molecule has 1 unspecified atom stereocenters. The third-order valence-corrected chi connectivity index (χ3v) is 6.99. The third-order valence-electron chi connectivity index (χ3n) is 6.99. The van der Waals surface area contributed by atoms with Gasteiger partial charge in [0.15, 0.2) is 0 Å². The van der Waals surface area contributed by atoms with Crippen molar-refractivity contribution in [2.75, 3.05) is 13.1 Å². The number of carboxylic acid groups (broad SMARTS) is 1. The molecule has 30 heavy (non-hydrogen) atoms. The van der Waals surface area contributed by atoms with Gasteiger partial charge >= 0.3 is 13.1 Å². The van der Waals surface area contributed by atoms with Crippen LogP contribution in [-0.2, 0) is 11.2 Å². The fourth-order valence-electron chi connectivity index (χ4n) is 5.12. The van der Waals surface area contributed by atoms with E-state index < -0.39 is 19.0 Å². The highest BCUT2D eigenvalue weighted by Gasteiger charge is 2.56. The van der Waals surface area contributed by atoms with Gasteiger partial charge in [0.05, 0.1) is 16.9 Å². The first kappa shape index (κ1) is 21.1. The van der Waals surface area contributed by atoms with Gasteiger partial charge in [-0.05, 0) is 62.5 Å². The van der Waals surface area contributed by atoms with Gasteiger partial charge in [-0.15, -0.1) is 0 Å². The molecule has 1 heterocycles. The number of rotatable bonds is 7. The van der Waals surface area contributed by atoms with Gasteiger partial charge in [-0.1, -0.05) is 12.1 Å². The van der Waals surface area contributed by atoms with Crippen LogP contribution in [0.2, 0.25) is 0 Å². The van der Waals surface area contributed by atoms with Crippen molar-refractivity contribution in [3.63, 3.8) is 0 Å². The smallest absolute Gasteiger partial charge is 0.534 e. The number of nitrogens with one attached hydrogen (secondary N) is 2. The van der Waals surface area contributed by atoms with Crippen LogP contribution < -0.4 is 21.0 Å². The molecule has 6 N–H and O–H groups in total. The molecule has 2 fully saturated rings. The van der Waals surface area contributed by atoms with E-state index in [2.05, 4.69) is 10.6 Å². The molecule has 0 saturated heterocycles. The van der Waals surface area contributed by atoms with E-state index in [4.69, 9.17) is 10.4 Å². The second kappa shape index (κ2) is 8.57. The number of amides is 1. The molecule has 1 aromatic carbocycles. The van der Waals surface area contributed by atoms with E-state index in [1.165, 1.54) is 6.07 Å². The molecule has 9 heteroatoms. The zero-order chi connectivity index (χ0) is 21.3. The van der Waals surface area contributed by atoms with Crippen molar-refractivity contribution in [3.8, 4) is 5.75 Å². The Hall–Kier alpha value is -2.10. The predicted octanol–water partition coefficient (Wildman–Crippen LogP) is 0.712. The van der Waals surface area contributed by atoms with Gasteiger partial charge < -0.3 is 31.2 Å². The maximum Gasteiger partial charge on any atom is 0.547 e. The second-order valence-corrected chi connectivity index (χ2v) is 8.84. The minimum absolute atomic E-state index is 0.00800. The maximum atomic E-state index is 13.2. The van der Waals surface area contributed by atoms with Crippen molar-refractivity contribution in [2.45, 2.75) is 56.9 Å². The first-order valence-electron chi connectivity index (χ1n) is 10.9. The summed E-state index contributed by atoms with van der Waals surface area (Å²) in [6.07, 6.45) is 6.26. The van der Waals surface area contributed by atoms with Crippen molar-refractivity contribution in [3.05, 3.63) is 29.3 Å². The van der Waals surface area contributed by atoms with Crippen LogP contribution in [0.5, 0.6) is 5.75 Å². The topological polar surface area (TPSA) is 134 Å². The molecular weight excluding hydrogens is 385 g/mol. The highest BCUT2D eigenvalue weighted by molar-refractivity contribution is 6.47. The molecule has 162 valence electrons. The Bertz CT molecular complexity index is 808. The van der Waals surface area contributed by atoms with Crippen molar-refractivity contribution in [2.24, 2.45) is 17.1 Å². The number of para-hydroxylation sites is 1. The second-order valence-electron chi connectivity index (χ2n) is 8.84. The molecule has 1 aliphatic heterocycles. The average Bonchev–Trinajstić information content (AvgIpc) is 3.55. The molecule has 0 spiro atoms. The summed E-state index contributed by atoms with van der Waals surface area (Å²) in [6.45, 7) is 1.46. The lowest BCUT2D eigenvalue weighted by molar-refractivity contribution is -0.129. The fraction of sp³-hybridized carbons (Fsp3) is 0.619. The lowest BCUT2D eigenvalue weighted by atomic mass is 9.71. The van der Waals surface area contributed by atoms with Crippen molar-refractivity contribution in [1.82, 2.24) is 10.6 Å². The van der Waals surface area contributed by atoms with Gasteiger partial charge in [-0.3, -0.25) is 4.79 Å². The molecule has 1 atom stereocenters. The summed E-state index contributed by atoms with van der Waals surface area (Å²) in [6, 6.07) is 5.36. The van der Waals surface area contributed by atoms with Gasteiger partial charge in [0.2, 0.25) is 5.91 Å². The molecule has 2 aliphatic carbocycles. The molecule has 8 nitrogen and oxygen atoms in total. The van der Waals surface area contributed by atoms with Crippen molar-refractivity contribution in [1.29, 1.82) is 0 Å². The SMILES string of the molecule is NCCNC1CCC(C2(C(=O)NC3Cc4cccc(C(=O)O)c4OB3O)CC2)CC1. The number of carbonyl (C=O) groups excluding carboxylic acids is 1. The largest absolute Gasteiger partial charge is 0.547 e. The van der Waals surface area contributed by atoms with E-state index in [0.717, 1.165) is 45.1 Å². The number of fused-ring (bicyclic) bond motifs is 1. The first-order valence-corrected chi connectivity index (χ1v) is 10.9. The highest BCUT2D eigenvalue weighted by Crippen LogP contribution is 2.56. The quantitative estimate of drug-likeness (QED) is 0.414. The predicted molar refractivity (Wildman–Crippen MR) is 112 cm³/mol. The summed E-state index contributed by atoms with van der Waals surface area (Å²) in [4.78, 5) is 24.6. The Labute approximate surface area is 176 Å². The number of hydrogen-bond acceptors (Lipinski definition) is 6. The highest BCUT2D eigenvalue weighted by atomic mass is 16.5. The molecule has 2 saturated carbocycles. The van der Waals surface area contributed by atoms with Crippen molar-refractivity contribution < 1.29 is 24.4 Å². The number of carbonyl (C=O) groups is 2. The molecule has 0 bridgehead atoms. The average molecular weight is 415 g/mol. The lowest BCUT2D eigenvalue weighted by Gasteiger charge is -2.35. The molecule has 1 aromatic rings. The summed E-state index contributed by atoms with van der Waals surface area (Å²) in [5.41, 5.74) is 5.94. The zero-order valence-electron chi connectivity index (χ0n) is 17.1. The van der Waals surface area contributed by atoms with Crippen LogP contribution in [0.15, 0.2) is 18.2 Å². The summed E-state index contributed by atoms with van der Waals surface area (Å²) in [5.74, 6) is -1.15. The van der Waals surface area contributed by atoms with Gasteiger partial charge in [0, 0.05) is 19.1 Å². The zero-order valence-corrected chi connectivity index (χ0v) is 17.1. The molecule has 1 amide bonds. The van der Waals surface area contributed by atoms with Crippen LogP contribution in [-0.4, -0.2) is 54.2 Å². The fourth-order valence-corrected chi connectivity index (χ4v) is 5.12. The van der Waals surface area contributed by atoms with E-state index in [1.807, 2.05) is 0 Å². The van der Waals surface area contributed by atoms with E-state index in [0.29, 0.717) is 30.5 Å². The Morgan fingerprint density at radius 1 is 1.23 bits per heavy atom. The molecule has 4 rings (SSSR count). The number of hydrogen-bond donors (Lipinski definition) is 5. The number of carboxylic acids is 1. The summed E-state index contributed by atoms with van der Waals surface area (Å²) >= 11 is 0. The minimum atomic E-state index is -1.27. The van der Waals surface area contributed by atoms with Gasteiger partial charge in [-0.2, -0.15) is 0 Å². The maximum absolute atomic E-state index is 13.2. The Morgan fingerprint density at radius 2 is 1.97 bits per heavy atom. The number of benzene rings is 1. The van der Waals surface area contributed by atoms with E-state index in [1.54, 1.807) is 12.1 Å². The van der Waals surface area contributed by atoms with Gasteiger partial charge in [-0.25, -0.2) is 4.79 Å². The van der Waals surface area contributed by atoms with E-state index >= 15 is 0 Å². The number of aromatic carboxylic acids is 1. The summed E-state index contributed by atoms with van der Waals surface area (Å²) in [7, 11) is -1.27.